The van der Waals surface area contributed by atoms with Gasteiger partial charge in [0, 0.05) is 17.7 Å². The zero-order chi connectivity index (χ0) is 14.4. The fraction of sp³-hybridized carbons (Fsp3) is 0.375. The van der Waals surface area contributed by atoms with Crippen LogP contribution in [0.1, 0.15) is 25.8 Å². The van der Waals surface area contributed by atoms with Gasteiger partial charge in [-0.05, 0) is 32.4 Å². The summed E-state index contributed by atoms with van der Waals surface area (Å²) in [4.78, 5) is 8.72. The molecular weight excluding hydrogens is 250 g/mol. The lowest BCUT2D eigenvalue weighted by Gasteiger charge is -2.12. The first-order valence-electron chi connectivity index (χ1n) is 7.05. The SMILES string of the molecule is CCCNc1ncnc(-c2cccc(OCC)c2)c1C. The van der Waals surface area contributed by atoms with Crippen LogP contribution in [0.4, 0.5) is 5.82 Å². The molecule has 1 aromatic carbocycles. The van der Waals surface area contributed by atoms with E-state index in [0.29, 0.717) is 6.61 Å². The fourth-order valence-electron chi connectivity index (χ4n) is 2.06. The summed E-state index contributed by atoms with van der Waals surface area (Å²) in [5, 5.41) is 3.33. The van der Waals surface area contributed by atoms with Gasteiger partial charge in [0.2, 0.25) is 0 Å². The summed E-state index contributed by atoms with van der Waals surface area (Å²) in [6.07, 6.45) is 2.67. The molecule has 0 unspecified atom stereocenters. The van der Waals surface area contributed by atoms with Crippen LogP contribution in [0.2, 0.25) is 0 Å². The maximum atomic E-state index is 5.54. The summed E-state index contributed by atoms with van der Waals surface area (Å²) < 4.78 is 5.54. The summed E-state index contributed by atoms with van der Waals surface area (Å²) in [6.45, 7) is 7.73. The van der Waals surface area contributed by atoms with Gasteiger partial charge < -0.3 is 10.1 Å². The van der Waals surface area contributed by atoms with Crippen LogP contribution in [0.5, 0.6) is 5.75 Å². The fourth-order valence-corrected chi connectivity index (χ4v) is 2.06. The van der Waals surface area contributed by atoms with Crippen molar-refractivity contribution in [1.82, 2.24) is 9.97 Å². The lowest BCUT2D eigenvalue weighted by Crippen LogP contribution is -2.05. The van der Waals surface area contributed by atoms with Crippen LogP contribution in [-0.4, -0.2) is 23.1 Å². The first kappa shape index (κ1) is 14.3. The summed E-state index contributed by atoms with van der Waals surface area (Å²) in [7, 11) is 0. The second kappa shape index (κ2) is 6.89. The van der Waals surface area contributed by atoms with Crippen LogP contribution >= 0.6 is 0 Å². The smallest absolute Gasteiger partial charge is 0.132 e. The number of ether oxygens (including phenoxy) is 1. The molecule has 0 aliphatic heterocycles. The molecule has 0 aliphatic rings. The van der Waals surface area contributed by atoms with Gasteiger partial charge in [-0.15, -0.1) is 0 Å². The lowest BCUT2D eigenvalue weighted by molar-refractivity contribution is 0.340. The molecule has 0 amide bonds. The van der Waals surface area contributed by atoms with Crippen LogP contribution in [0.15, 0.2) is 30.6 Å². The third kappa shape index (κ3) is 3.26. The number of hydrogen-bond acceptors (Lipinski definition) is 4. The minimum atomic E-state index is 0.662. The van der Waals surface area contributed by atoms with E-state index < -0.39 is 0 Å². The van der Waals surface area contributed by atoms with Gasteiger partial charge in [-0.2, -0.15) is 0 Å². The second-order valence-corrected chi connectivity index (χ2v) is 4.58. The van der Waals surface area contributed by atoms with Gasteiger partial charge in [-0.25, -0.2) is 9.97 Å². The van der Waals surface area contributed by atoms with Gasteiger partial charge in [-0.1, -0.05) is 19.1 Å². The molecule has 0 aliphatic carbocycles. The predicted molar refractivity (Wildman–Crippen MR) is 82.2 cm³/mol. The summed E-state index contributed by atoms with van der Waals surface area (Å²) >= 11 is 0. The van der Waals surface area contributed by atoms with E-state index in [4.69, 9.17) is 4.74 Å². The van der Waals surface area contributed by atoms with E-state index in [1.165, 1.54) is 0 Å². The highest BCUT2D eigenvalue weighted by atomic mass is 16.5. The van der Waals surface area contributed by atoms with Crippen molar-refractivity contribution in [3.63, 3.8) is 0 Å². The van der Waals surface area contributed by atoms with Gasteiger partial charge in [0.25, 0.3) is 0 Å². The maximum Gasteiger partial charge on any atom is 0.132 e. The zero-order valence-electron chi connectivity index (χ0n) is 12.3. The van der Waals surface area contributed by atoms with Gasteiger partial charge in [0.05, 0.1) is 12.3 Å². The van der Waals surface area contributed by atoms with Crippen molar-refractivity contribution < 1.29 is 4.74 Å². The normalized spacial score (nSPS) is 10.3. The Labute approximate surface area is 120 Å². The zero-order valence-corrected chi connectivity index (χ0v) is 12.3. The largest absolute Gasteiger partial charge is 0.494 e. The number of nitrogens with one attached hydrogen (secondary N) is 1. The Morgan fingerprint density at radius 2 is 2.05 bits per heavy atom. The average Bonchev–Trinajstić information content (AvgIpc) is 2.47. The van der Waals surface area contributed by atoms with Gasteiger partial charge in [-0.3, -0.25) is 0 Å². The molecule has 0 bridgehead atoms. The Bertz CT molecular complexity index is 569. The van der Waals surface area contributed by atoms with Crippen molar-refractivity contribution in [3.8, 4) is 17.0 Å². The number of hydrogen-bond donors (Lipinski definition) is 1. The van der Waals surface area contributed by atoms with Crippen LogP contribution in [-0.2, 0) is 0 Å². The van der Waals surface area contributed by atoms with Crippen molar-refractivity contribution >= 4 is 5.82 Å². The molecule has 0 spiro atoms. The van der Waals surface area contributed by atoms with Crippen molar-refractivity contribution in [2.24, 2.45) is 0 Å². The molecule has 106 valence electrons. The molecule has 0 saturated carbocycles. The number of rotatable bonds is 6. The molecule has 0 fully saturated rings. The van der Waals surface area contributed by atoms with E-state index in [9.17, 15) is 0 Å². The van der Waals surface area contributed by atoms with Gasteiger partial charge >= 0.3 is 0 Å². The first-order valence-corrected chi connectivity index (χ1v) is 7.05. The standard InChI is InChI=1S/C16H21N3O/c1-4-9-17-16-12(3)15(18-11-19-16)13-7-6-8-14(10-13)20-5-2/h6-8,10-11H,4-5,9H2,1-3H3,(H,17,18,19). The van der Waals surface area contributed by atoms with Crippen molar-refractivity contribution in [2.75, 3.05) is 18.5 Å². The topological polar surface area (TPSA) is 47.0 Å². The molecule has 0 saturated heterocycles. The van der Waals surface area contributed by atoms with Crippen LogP contribution < -0.4 is 10.1 Å². The maximum absolute atomic E-state index is 5.54. The molecular formula is C16H21N3O. The number of aromatic nitrogens is 2. The lowest BCUT2D eigenvalue weighted by atomic mass is 10.1. The van der Waals surface area contributed by atoms with Crippen LogP contribution in [0, 0.1) is 6.92 Å². The Hall–Kier alpha value is -2.10. The second-order valence-electron chi connectivity index (χ2n) is 4.58. The molecule has 1 aromatic heterocycles. The Balaban J connectivity index is 2.34. The highest BCUT2D eigenvalue weighted by Gasteiger charge is 2.09. The van der Waals surface area contributed by atoms with E-state index in [-0.39, 0.29) is 0 Å². The minimum absolute atomic E-state index is 0.662. The monoisotopic (exact) mass is 271 g/mol. The van der Waals surface area contributed by atoms with Crippen LogP contribution in [0.25, 0.3) is 11.3 Å². The molecule has 4 nitrogen and oxygen atoms in total. The average molecular weight is 271 g/mol. The summed E-state index contributed by atoms with van der Waals surface area (Å²) in [5.74, 6) is 1.77. The summed E-state index contributed by atoms with van der Waals surface area (Å²) in [6, 6.07) is 8.00. The molecule has 1 N–H and O–H groups in total. The van der Waals surface area contributed by atoms with E-state index in [1.807, 2.05) is 38.1 Å². The highest BCUT2D eigenvalue weighted by Crippen LogP contribution is 2.27. The Morgan fingerprint density at radius 3 is 2.80 bits per heavy atom. The first-order chi connectivity index (χ1) is 9.76. The molecule has 2 rings (SSSR count). The van der Waals surface area contributed by atoms with Crippen molar-refractivity contribution in [3.05, 3.63) is 36.2 Å². The predicted octanol–water partition coefficient (Wildman–Crippen LogP) is 3.67. The Kier molecular flexibility index (Phi) is 4.93. The molecule has 1 heterocycles. The molecule has 0 radical (unpaired) electrons. The molecule has 4 heteroatoms. The third-order valence-electron chi connectivity index (χ3n) is 3.05. The minimum Gasteiger partial charge on any atom is -0.494 e. The molecule has 0 atom stereocenters. The molecule has 20 heavy (non-hydrogen) atoms. The number of benzene rings is 1. The van der Waals surface area contributed by atoms with E-state index >= 15 is 0 Å². The number of nitrogens with zero attached hydrogens (tertiary/aromatic N) is 2. The quantitative estimate of drug-likeness (QED) is 0.870. The van der Waals surface area contributed by atoms with Gasteiger partial charge in [0.15, 0.2) is 0 Å². The molecule has 2 aromatic rings. The highest BCUT2D eigenvalue weighted by molar-refractivity contribution is 5.68. The van der Waals surface area contributed by atoms with E-state index in [0.717, 1.165) is 41.4 Å². The summed E-state index contributed by atoms with van der Waals surface area (Å²) in [5.41, 5.74) is 3.06. The Morgan fingerprint density at radius 1 is 1.20 bits per heavy atom. The van der Waals surface area contributed by atoms with E-state index in [2.05, 4.69) is 22.2 Å². The van der Waals surface area contributed by atoms with Crippen molar-refractivity contribution in [2.45, 2.75) is 27.2 Å². The van der Waals surface area contributed by atoms with E-state index in [1.54, 1.807) is 6.33 Å². The van der Waals surface area contributed by atoms with Crippen molar-refractivity contribution in [1.29, 1.82) is 0 Å². The number of anilines is 1. The third-order valence-corrected chi connectivity index (χ3v) is 3.05. The van der Waals surface area contributed by atoms with Crippen LogP contribution in [0.3, 0.4) is 0 Å². The van der Waals surface area contributed by atoms with Gasteiger partial charge in [0.1, 0.15) is 17.9 Å².